The summed E-state index contributed by atoms with van der Waals surface area (Å²) in [5.41, 5.74) is -1.82. The van der Waals surface area contributed by atoms with Crippen molar-refractivity contribution in [2.75, 3.05) is 27.4 Å². The van der Waals surface area contributed by atoms with Crippen LogP contribution in [0.1, 0.15) is 61.6 Å². The number of hydroxylamine groups is 2. The highest BCUT2D eigenvalue weighted by atomic mass is 32.1. The molecule has 1 saturated heterocycles. The van der Waals surface area contributed by atoms with E-state index >= 15 is 0 Å². The molecule has 2 rings (SSSR count). The smallest absolute Gasteiger partial charge is 0.345 e. The van der Waals surface area contributed by atoms with Crippen LogP contribution in [0.25, 0.3) is 0 Å². The molecule has 1 aromatic heterocycles. The predicted octanol–water partition coefficient (Wildman–Crippen LogP) is -0.147. The van der Waals surface area contributed by atoms with Crippen molar-refractivity contribution in [2.24, 2.45) is 11.3 Å². The van der Waals surface area contributed by atoms with Gasteiger partial charge < -0.3 is 35.4 Å². The summed E-state index contributed by atoms with van der Waals surface area (Å²) < 4.78 is 10.2. The van der Waals surface area contributed by atoms with Gasteiger partial charge >= 0.3 is 5.97 Å². The summed E-state index contributed by atoms with van der Waals surface area (Å²) in [6.45, 7) is 7.47. The van der Waals surface area contributed by atoms with Crippen molar-refractivity contribution in [1.29, 1.82) is 0 Å². The van der Waals surface area contributed by atoms with Crippen LogP contribution in [0.4, 0.5) is 0 Å². The Hall–Kier alpha value is -3.47. The van der Waals surface area contributed by atoms with Crippen LogP contribution in [0.5, 0.6) is 0 Å². The monoisotopic (exact) mass is 627 g/mol. The molecule has 4 N–H and O–H groups in total. The molecular formula is C27H41N5O10S. The van der Waals surface area contributed by atoms with Crippen molar-refractivity contribution < 1.29 is 48.2 Å². The first-order valence-electron chi connectivity index (χ1n) is 13.7. The highest BCUT2D eigenvalue weighted by molar-refractivity contribution is 7.13. The van der Waals surface area contributed by atoms with Crippen molar-refractivity contribution >= 4 is 46.7 Å². The number of ether oxygens (including phenoxy) is 2. The Morgan fingerprint density at radius 1 is 1.05 bits per heavy atom. The molecule has 0 radical (unpaired) electrons. The Bertz CT molecular complexity index is 1190. The third-order valence-electron chi connectivity index (χ3n) is 6.55. The second-order valence-electron chi connectivity index (χ2n) is 11.0. The number of hydrogen-bond acceptors (Lipinski definition) is 12. The second kappa shape index (κ2) is 15.8. The second-order valence-corrected chi connectivity index (χ2v) is 12.3. The van der Waals surface area contributed by atoms with E-state index in [9.17, 15) is 33.9 Å². The van der Waals surface area contributed by atoms with Gasteiger partial charge in [-0.05, 0) is 33.1 Å². The maximum Gasteiger partial charge on any atom is 0.345 e. The van der Waals surface area contributed by atoms with Crippen LogP contribution < -0.4 is 16.0 Å². The molecule has 1 aromatic rings. The van der Waals surface area contributed by atoms with Gasteiger partial charge in [-0.15, -0.1) is 16.4 Å². The molecule has 240 valence electrons. The molecule has 0 aliphatic carbocycles. The van der Waals surface area contributed by atoms with E-state index in [1.54, 1.807) is 6.92 Å². The molecule has 43 heavy (non-hydrogen) atoms. The number of amides is 4. The molecule has 15 nitrogen and oxygen atoms in total. The largest absolute Gasteiger partial charge is 0.382 e. The molecule has 1 aliphatic heterocycles. The molecule has 4 atom stereocenters. The van der Waals surface area contributed by atoms with Crippen LogP contribution in [0.3, 0.4) is 0 Å². The lowest BCUT2D eigenvalue weighted by Crippen LogP contribution is -2.59. The molecule has 0 saturated carbocycles. The lowest BCUT2D eigenvalue weighted by atomic mass is 9.81. The number of Topliss-reactive ketones (excluding diaryl/α,β-unsaturated/α-hetero) is 1. The number of hydrogen-bond donors (Lipinski definition) is 4. The predicted molar refractivity (Wildman–Crippen MR) is 152 cm³/mol. The van der Waals surface area contributed by atoms with E-state index in [0.717, 1.165) is 11.3 Å². The van der Waals surface area contributed by atoms with Crippen molar-refractivity contribution in [3.8, 4) is 0 Å². The molecule has 1 fully saturated rings. The van der Waals surface area contributed by atoms with Gasteiger partial charge in [-0.3, -0.25) is 24.0 Å². The molecule has 4 amide bonds. The SMILES string of the molecule is COC[C@H](NC(=O)c1cnc(C)s1)C(=O)N[C@@H](COC)C(=O)N[C@@H](CC(C)C)C(=O)C(C)(C)C(=O)ON1C(=O)CCC1O. The first kappa shape index (κ1) is 35.7. The standard InChI is InChI=1S/C27H41N5O10S/c1-14(2)10-16(22(35)27(4,5)26(39)42-32-20(33)8-9-21(32)34)29-23(36)17(12-40-6)30-24(37)18(13-41-7)31-25(38)19-11-28-15(3)43-19/h11,14,16-18,20,33H,8-10,12-13H2,1-7H3,(H,29,36)(H,30,37)(H,31,38)/t16-,17-,18-,20?/m0/s1. The van der Waals surface area contributed by atoms with Gasteiger partial charge in [0.1, 0.15) is 22.4 Å². The zero-order valence-corrected chi connectivity index (χ0v) is 26.2. The number of nitrogens with one attached hydrogen (secondary N) is 3. The molecule has 1 unspecified atom stereocenters. The summed E-state index contributed by atoms with van der Waals surface area (Å²) in [5.74, 6) is -4.54. The minimum atomic E-state index is -1.82. The number of aryl methyl sites for hydroxylation is 1. The number of thiazole rings is 1. The topological polar surface area (TPSA) is 203 Å². The van der Waals surface area contributed by atoms with Crippen molar-refractivity contribution in [1.82, 2.24) is 26.0 Å². The van der Waals surface area contributed by atoms with Crippen LogP contribution in [-0.4, -0.2) is 102 Å². The first-order chi connectivity index (χ1) is 20.1. The van der Waals surface area contributed by atoms with Gasteiger partial charge in [0.05, 0.1) is 30.5 Å². The Balaban J connectivity index is 2.18. The number of aliphatic hydroxyl groups is 1. The highest BCUT2D eigenvalue weighted by Crippen LogP contribution is 2.26. The maximum atomic E-state index is 13.6. The number of carbonyl (C=O) groups excluding carboxylic acids is 6. The van der Waals surface area contributed by atoms with Crippen LogP contribution in [0.15, 0.2) is 6.20 Å². The highest BCUT2D eigenvalue weighted by Gasteiger charge is 2.45. The van der Waals surface area contributed by atoms with Gasteiger partial charge in [-0.25, -0.2) is 9.78 Å². The fourth-order valence-corrected chi connectivity index (χ4v) is 4.82. The van der Waals surface area contributed by atoms with Gasteiger partial charge in [0.15, 0.2) is 12.0 Å². The molecule has 2 heterocycles. The quantitative estimate of drug-likeness (QED) is 0.178. The molecule has 0 spiro atoms. The van der Waals surface area contributed by atoms with E-state index in [-0.39, 0.29) is 43.3 Å². The van der Waals surface area contributed by atoms with E-state index in [1.807, 2.05) is 13.8 Å². The summed E-state index contributed by atoms with van der Waals surface area (Å²) in [5, 5.41) is 18.8. The Morgan fingerprint density at radius 2 is 1.60 bits per heavy atom. The summed E-state index contributed by atoms with van der Waals surface area (Å²) >= 11 is 1.15. The van der Waals surface area contributed by atoms with Gasteiger partial charge in [0.25, 0.3) is 11.8 Å². The van der Waals surface area contributed by atoms with Gasteiger partial charge in [-0.2, -0.15) is 0 Å². The number of aliphatic hydroxyl groups excluding tert-OH is 1. The van der Waals surface area contributed by atoms with Crippen LogP contribution in [0.2, 0.25) is 0 Å². The third-order valence-corrected chi connectivity index (χ3v) is 7.46. The summed E-state index contributed by atoms with van der Waals surface area (Å²) in [7, 11) is 2.66. The van der Waals surface area contributed by atoms with E-state index in [2.05, 4.69) is 20.9 Å². The van der Waals surface area contributed by atoms with Gasteiger partial charge in [0, 0.05) is 27.1 Å². The normalized spacial score (nSPS) is 17.3. The number of ketones is 1. The fraction of sp³-hybridized carbons (Fsp3) is 0.667. The van der Waals surface area contributed by atoms with E-state index < -0.39 is 65.1 Å². The van der Waals surface area contributed by atoms with E-state index in [1.165, 1.54) is 34.3 Å². The van der Waals surface area contributed by atoms with Gasteiger partial charge in [-0.1, -0.05) is 13.8 Å². The average Bonchev–Trinajstić information content (AvgIpc) is 3.51. The lowest BCUT2D eigenvalue weighted by molar-refractivity contribution is -0.227. The van der Waals surface area contributed by atoms with Crippen LogP contribution in [-0.2, 0) is 38.3 Å². The molecule has 16 heteroatoms. The van der Waals surface area contributed by atoms with Crippen LogP contribution in [0, 0.1) is 18.3 Å². The number of methoxy groups -OCH3 is 2. The lowest BCUT2D eigenvalue weighted by Gasteiger charge is -2.31. The van der Waals surface area contributed by atoms with Gasteiger partial charge in [0.2, 0.25) is 11.8 Å². The molecule has 0 bridgehead atoms. The fourth-order valence-electron chi connectivity index (χ4n) is 4.14. The summed E-state index contributed by atoms with van der Waals surface area (Å²) in [4.78, 5) is 87.0. The van der Waals surface area contributed by atoms with Crippen molar-refractivity contribution in [3.63, 3.8) is 0 Å². The van der Waals surface area contributed by atoms with E-state index in [0.29, 0.717) is 10.1 Å². The number of nitrogens with zero attached hydrogens (tertiary/aromatic N) is 2. The Labute approximate surface area is 254 Å². The molecule has 1 aliphatic rings. The third kappa shape index (κ3) is 9.77. The first-order valence-corrected chi connectivity index (χ1v) is 14.5. The zero-order valence-electron chi connectivity index (χ0n) is 25.4. The summed E-state index contributed by atoms with van der Waals surface area (Å²) in [6.07, 6.45) is 0.272. The molecule has 0 aromatic carbocycles. The molecular weight excluding hydrogens is 586 g/mol. The average molecular weight is 628 g/mol. The summed E-state index contributed by atoms with van der Waals surface area (Å²) in [6, 6.07) is -3.64. The Morgan fingerprint density at radius 3 is 2.07 bits per heavy atom. The van der Waals surface area contributed by atoms with E-state index in [4.69, 9.17) is 14.3 Å². The Kier molecular flexibility index (Phi) is 13.2. The maximum absolute atomic E-state index is 13.6. The minimum Gasteiger partial charge on any atom is -0.382 e. The van der Waals surface area contributed by atoms with Crippen molar-refractivity contribution in [3.05, 3.63) is 16.1 Å². The number of rotatable bonds is 16. The number of carbonyl (C=O) groups is 6. The van der Waals surface area contributed by atoms with Crippen LogP contribution >= 0.6 is 11.3 Å². The minimum absolute atomic E-state index is 0.0126. The zero-order chi connectivity index (χ0) is 32.5. The van der Waals surface area contributed by atoms with Crippen molar-refractivity contribution in [2.45, 2.75) is 78.2 Å². The number of aromatic nitrogens is 1.